The number of nitro benzene ring substituents is 1. The number of rotatable bonds is 5. The summed E-state index contributed by atoms with van der Waals surface area (Å²) in [7, 11) is 0. The van der Waals surface area contributed by atoms with Gasteiger partial charge in [0.15, 0.2) is 0 Å². The lowest BCUT2D eigenvalue weighted by molar-refractivity contribution is -0.384. The van der Waals surface area contributed by atoms with E-state index in [1.807, 2.05) is 0 Å². The molecule has 142 valence electrons. The van der Waals surface area contributed by atoms with Crippen molar-refractivity contribution < 1.29 is 14.8 Å². The predicted octanol–water partition coefficient (Wildman–Crippen LogP) is 3.58. The molecule has 7 heteroatoms. The molecule has 1 aliphatic heterocycles. The Morgan fingerprint density at radius 2 is 2.00 bits per heavy atom. The van der Waals surface area contributed by atoms with Gasteiger partial charge in [-0.15, -0.1) is 0 Å². The van der Waals surface area contributed by atoms with Crippen LogP contribution in [0.25, 0.3) is 0 Å². The normalized spacial score (nSPS) is 14.8. The van der Waals surface area contributed by atoms with E-state index in [0.29, 0.717) is 22.9 Å². The molecule has 0 radical (unpaired) electrons. The number of nitrogens with one attached hydrogen (secondary N) is 1. The third-order valence-corrected chi connectivity index (χ3v) is 4.93. The number of hydrogen-bond acceptors (Lipinski definition) is 5. The number of carbonyl (C=O) groups is 1. The lowest BCUT2D eigenvalue weighted by Gasteiger charge is -2.33. The van der Waals surface area contributed by atoms with Crippen LogP contribution >= 0.6 is 0 Å². The van der Waals surface area contributed by atoms with Crippen LogP contribution in [0.15, 0.2) is 42.5 Å². The molecule has 0 saturated carbocycles. The van der Waals surface area contributed by atoms with Gasteiger partial charge < -0.3 is 15.3 Å². The molecule has 1 saturated heterocycles. The molecule has 0 atom stereocenters. The molecule has 2 aromatic rings. The van der Waals surface area contributed by atoms with E-state index in [2.05, 4.69) is 17.1 Å². The molecule has 2 aromatic carbocycles. The summed E-state index contributed by atoms with van der Waals surface area (Å²) in [4.78, 5) is 25.7. The monoisotopic (exact) mass is 369 g/mol. The third kappa shape index (κ3) is 4.43. The minimum atomic E-state index is -0.495. The van der Waals surface area contributed by atoms with Crippen LogP contribution in [-0.4, -0.2) is 29.0 Å². The van der Waals surface area contributed by atoms with Gasteiger partial charge in [-0.05, 0) is 42.5 Å². The highest BCUT2D eigenvalue weighted by atomic mass is 16.6. The zero-order valence-corrected chi connectivity index (χ0v) is 15.2. The summed E-state index contributed by atoms with van der Waals surface area (Å²) in [5.41, 5.74) is 2.10. The molecule has 0 aliphatic carbocycles. The van der Waals surface area contributed by atoms with Gasteiger partial charge in [-0.1, -0.05) is 19.1 Å². The van der Waals surface area contributed by atoms with Gasteiger partial charge in [-0.2, -0.15) is 0 Å². The Kier molecular flexibility index (Phi) is 5.71. The fourth-order valence-corrected chi connectivity index (χ4v) is 3.29. The SMILES string of the molecule is CC1CCN(c2ccc([N+](=O)[O-])cc2C(=O)Nc2cccc(CO)c2)CC1. The van der Waals surface area contributed by atoms with Crippen molar-refractivity contribution in [1.82, 2.24) is 0 Å². The van der Waals surface area contributed by atoms with Crippen molar-refractivity contribution in [3.63, 3.8) is 0 Å². The number of anilines is 2. The predicted molar refractivity (Wildman–Crippen MR) is 104 cm³/mol. The van der Waals surface area contributed by atoms with E-state index in [-0.39, 0.29) is 17.9 Å². The Labute approximate surface area is 157 Å². The van der Waals surface area contributed by atoms with Crippen LogP contribution in [0.5, 0.6) is 0 Å². The van der Waals surface area contributed by atoms with Crippen LogP contribution in [-0.2, 0) is 6.61 Å². The lowest BCUT2D eigenvalue weighted by atomic mass is 9.98. The number of nitro groups is 1. The van der Waals surface area contributed by atoms with Gasteiger partial charge in [-0.3, -0.25) is 14.9 Å². The van der Waals surface area contributed by atoms with Gasteiger partial charge >= 0.3 is 0 Å². The van der Waals surface area contributed by atoms with Crippen molar-refractivity contribution in [2.75, 3.05) is 23.3 Å². The molecule has 0 bridgehead atoms. The Balaban J connectivity index is 1.91. The van der Waals surface area contributed by atoms with Gasteiger partial charge in [0.2, 0.25) is 0 Å². The minimum absolute atomic E-state index is 0.113. The molecule has 1 aliphatic rings. The maximum Gasteiger partial charge on any atom is 0.270 e. The Bertz CT molecular complexity index is 845. The van der Waals surface area contributed by atoms with E-state index in [4.69, 9.17) is 0 Å². The zero-order valence-electron chi connectivity index (χ0n) is 15.2. The van der Waals surface area contributed by atoms with E-state index >= 15 is 0 Å². The maximum absolute atomic E-state index is 12.9. The molecule has 1 fully saturated rings. The first-order valence-corrected chi connectivity index (χ1v) is 9.02. The summed E-state index contributed by atoms with van der Waals surface area (Å²) < 4.78 is 0. The summed E-state index contributed by atoms with van der Waals surface area (Å²) in [6.07, 6.45) is 2.05. The number of hydrogen-bond donors (Lipinski definition) is 2. The van der Waals surface area contributed by atoms with Crippen molar-refractivity contribution >= 4 is 23.0 Å². The van der Waals surface area contributed by atoms with Crippen LogP contribution in [0, 0.1) is 16.0 Å². The molecule has 0 spiro atoms. The zero-order chi connectivity index (χ0) is 19.4. The van der Waals surface area contributed by atoms with Crippen LogP contribution in [0.2, 0.25) is 0 Å². The largest absolute Gasteiger partial charge is 0.392 e. The number of aliphatic hydroxyl groups excluding tert-OH is 1. The van der Waals surface area contributed by atoms with Gasteiger partial charge in [-0.25, -0.2) is 0 Å². The summed E-state index contributed by atoms with van der Waals surface area (Å²) in [5.74, 6) is 0.236. The molecule has 0 unspecified atom stereocenters. The lowest BCUT2D eigenvalue weighted by Crippen LogP contribution is -2.34. The van der Waals surface area contributed by atoms with Gasteiger partial charge in [0, 0.05) is 30.9 Å². The first kappa shape index (κ1) is 18.8. The van der Waals surface area contributed by atoms with E-state index in [0.717, 1.165) is 25.9 Å². The van der Waals surface area contributed by atoms with E-state index in [1.54, 1.807) is 30.3 Å². The molecular weight excluding hydrogens is 346 g/mol. The number of aliphatic hydroxyl groups is 1. The topological polar surface area (TPSA) is 95.7 Å². The summed E-state index contributed by atoms with van der Waals surface area (Å²) >= 11 is 0. The molecule has 2 N–H and O–H groups in total. The average Bonchev–Trinajstić information content (AvgIpc) is 2.68. The highest BCUT2D eigenvalue weighted by Crippen LogP contribution is 2.30. The van der Waals surface area contributed by atoms with Crippen LogP contribution in [0.3, 0.4) is 0 Å². The first-order valence-electron chi connectivity index (χ1n) is 9.02. The van der Waals surface area contributed by atoms with E-state index < -0.39 is 10.8 Å². The van der Waals surface area contributed by atoms with Crippen molar-refractivity contribution in [2.24, 2.45) is 5.92 Å². The summed E-state index contributed by atoms with van der Waals surface area (Å²) in [6, 6.07) is 11.3. The molecule has 3 rings (SSSR count). The van der Waals surface area contributed by atoms with Crippen LogP contribution in [0.1, 0.15) is 35.7 Å². The van der Waals surface area contributed by atoms with Crippen LogP contribution in [0.4, 0.5) is 17.1 Å². The van der Waals surface area contributed by atoms with Gasteiger partial charge in [0.1, 0.15) is 0 Å². The third-order valence-electron chi connectivity index (χ3n) is 4.93. The standard InChI is InChI=1S/C20H23N3O4/c1-14-7-9-22(10-8-14)19-6-5-17(23(26)27)12-18(19)20(25)21-16-4-2-3-15(11-16)13-24/h2-6,11-12,14,24H,7-10,13H2,1H3,(H,21,25). The van der Waals surface area contributed by atoms with Crippen molar-refractivity contribution in [3.05, 3.63) is 63.7 Å². The second kappa shape index (κ2) is 8.18. The number of non-ortho nitro benzene ring substituents is 1. The Morgan fingerprint density at radius 1 is 1.26 bits per heavy atom. The van der Waals surface area contributed by atoms with Crippen LogP contribution < -0.4 is 10.2 Å². The molecule has 1 heterocycles. The number of amides is 1. The molecule has 1 amide bonds. The number of benzene rings is 2. The molecule has 7 nitrogen and oxygen atoms in total. The van der Waals surface area contributed by atoms with Gasteiger partial charge in [0.05, 0.1) is 22.8 Å². The molecular formula is C20H23N3O4. The highest BCUT2D eigenvalue weighted by Gasteiger charge is 2.23. The first-order chi connectivity index (χ1) is 13.0. The quantitative estimate of drug-likeness (QED) is 0.620. The van der Waals surface area contributed by atoms with Crippen molar-refractivity contribution in [1.29, 1.82) is 0 Å². The second-order valence-electron chi connectivity index (χ2n) is 6.94. The minimum Gasteiger partial charge on any atom is -0.392 e. The smallest absolute Gasteiger partial charge is 0.270 e. The maximum atomic E-state index is 12.9. The van der Waals surface area contributed by atoms with Crippen molar-refractivity contribution in [3.8, 4) is 0 Å². The van der Waals surface area contributed by atoms with E-state index in [9.17, 15) is 20.0 Å². The highest BCUT2D eigenvalue weighted by molar-refractivity contribution is 6.08. The Morgan fingerprint density at radius 3 is 2.67 bits per heavy atom. The van der Waals surface area contributed by atoms with Gasteiger partial charge in [0.25, 0.3) is 11.6 Å². The second-order valence-corrected chi connectivity index (χ2v) is 6.94. The van der Waals surface area contributed by atoms with E-state index in [1.165, 1.54) is 12.1 Å². The number of nitrogens with zero attached hydrogens (tertiary/aromatic N) is 2. The fraction of sp³-hybridized carbons (Fsp3) is 0.350. The number of carbonyl (C=O) groups excluding carboxylic acids is 1. The summed E-state index contributed by atoms with van der Waals surface area (Å²) in [5, 5.41) is 23.2. The Hall–Kier alpha value is -2.93. The molecule has 0 aromatic heterocycles. The fourth-order valence-electron chi connectivity index (χ4n) is 3.29. The number of piperidine rings is 1. The average molecular weight is 369 g/mol. The van der Waals surface area contributed by atoms with Crippen molar-refractivity contribution in [2.45, 2.75) is 26.4 Å². The summed E-state index contributed by atoms with van der Waals surface area (Å²) in [6.45, 7) is 3.71. The molecule has 27 heavy (non-hydrogen) atoms.